The summed E-state index contributed by atoms with van der Waals surface area (Å²) in [4.78, 5) is 26.3. The number of β-amino-alcohol motifs (C(OH)–C–C–N with tert-alkyl or cyclic N) is 1. The molecule has 1 saturated heterocycles. The first-order valence-electron chi connectivity index (χ1n) is 8.59. The molecular formula is C19H14Cl5NO5. The SMILES string of the molecule is O=C(Oc1c(Cl)c(Cl)c(Cl)c(Cl)c1Cl)[C@@H]1C[C@@H](O)CN1C(=O)OCc1ccccc1. The summed E-state index contributed by atoms with van der Waals surface area (Å²) in [7, 11) is 0. The van der Waals surface area contributed by atoms with Gasteiger partial charge in [-0.15, -0.1) is 0 Å². The number of aliphatic hydroxyl groups excluding tert-OH is 1. The molecule has 0 spiro atoms. The standard InChI is InChI=1S/C19H14Cl5NO5/c20-12-13(21)15(23)17(16(24)14(12)22)30-18(27)11-6-10(26)7-25(11)19(28)29-8-9-4-2-1-3-5-9/h1-5,10-11,26H,6-8H2/t10-,11+/m1/s1. The average molecular weight is 514 g/mol. The van der Waals surface area contributed by atoms with Gasteiger partial charge in [-0.1, -0.05) is 88.3 Å². The van der Waals surface area contributed by atoms with Crippen LogP contribution in [0, 0.1) is 0 Å². The molecule has 1 aliphatic heterocycles. The Morgan fingerprint density at radius 3 is 2.13 bits per heavy atom. The van der Waals surface area contributed by atoms with E-state index >= 15 is 0 Å². The zero-order valence-electron chi connectivity index (χ0n) is 15.1. The van der Waals surface area contributed by atoms with Crippen LogP contribution in [-0.4, -0.2) is 40.8 Å². The predicted molar refractivity (Wildman–Crippen MR) is 115 cm³/mol. The molecule has 0 bridgehead atoms. The molecule has 6 nitrogen and oxygen atoms in total. The Bertz CT molecular complexity index is 943. The number of likely N-dealkylation sites (tertiary alicyclic amines) is 1. The number of esters is 1. The van der Waals surface area contributed by atoms with Crippen molar-refractivity contribution >= 4 is 70.1 Å². The van der Waals surface area contributed by atoms with Gasteiger partial charge < -0.3 is 14.6 Å². The largest absolute Gasteiger partial charge is 0.445 e. The first-order chi connectivity index (χ1) is 14.2. The Hall–Kier alpha value is -1.41. The van der Waals surface area contributed by atoms with E-state index in [1.807, 2.05) is 6.07 Å². The van der Waals surface area contributed by atoms with E-state index in [2.05, 4.69) is 0 Å². The third-order valence-corrected chi connectivity index (χ3v) is 6.60. The van der Waals surface area contributed by atoms with Crippen LogP contribution in [-0.2, 0) is 16.1 Å². The molecule has 2 atom stereocenters. The van der Waals surface area contributed by atoms with Gasteiger partial charge in [0.1, 0.15) is 22.7 Å². The lowest BCUT2D eigenvalue weighted by Crippen LogP contribution is -2.42. The van der Waals surface area contributed by atoms with Gasteiger partial charge in [0.2, 0.25) is 0 Å². The van der Waals surface area contributed by atoms with E-state index in [0.29, 0.717) is 0 Å². The molecule has 1 amide bonds. The minimum absolute atomic E-state index is 0.00803. The van der Waals surface area contributed by atoms with Gasteiger partial charge in [-0.05, 0) is 5.56 Å². The number of carbonyl (C=O) groups excluding carboxylic acids is 2. The van der Waals surface area contributed by atoms with Gasteiger partial charge in [0, 0.05) is 6.42 Å². The smallest absolute Gasteiger partial charge is 0.410 e. The molecule has 1 fully saturated rings. The highest BCUT2D eigenvalue weighted by atomic mass is 35.5. The number of aliphatic hydroxyl groups is 1. The lowest BCUT2D eigenvalue weighted by atomic mass is 10.2. The number of benzene rings is 2. The van der Waals surface area contributed by atoms with E-state index in [0.717, 1.165) is 10.5 Å². The molecule has 0 radical (unpaired) electrons. The van der Waals surface area contributed by atoms with E-state index in [1.165, 1.54) is 0 Å². The van der Waals surface area contributed by atoms with Crippen LogP contribution in [0.2, 0.25) is 25.1 Å². The first-order valence-corrected chi connectivity index (χ1v) is 10.5. The van der Waals surface area contributed by atoms with Crippen molar-refractivity contribution in [1.29, 1.82) is 0 Å². The second kappa shape index (κ2) is 9.81. The average Bonchev–Trinajstić information content (AvgIpc) is 3.14. The molecule has 1 N–H and O–H groups in total. The van der Waals surface area contributed by atoms with Crippen molar-refractivity contribution in [2.45, 2.75) is 25.2 Å². The molecule has 2 aromatic rings. The van der Waals surface area contributed by atoms with Crippen molar-refractivity contribution in [3.05, 3.63) is 61.0 Å². The lowest BCUT2D eigenvalue weighted by Gasteiger charge is -2.23. The molecule has 11 heteroatoms. The maximum absolute atomic E-state index is 12.7. The van der Waals surface area contributed by atoms with Gasteiger partial charge in [0.25, 0.3) is 0 Å². The Morgan fingerprint density at radius 2 is 1.53 bits per heavy atom. The zero-order chi connectivity index (χ0) is 22.0. The Labute approximate surface area is 197 Å². The van der Waals surface area contributed by atoms with Gasteiger partial charge in [-0.2, -0.15) is 0 Å². The topological polar surface area (TPSA) is 76.1 Å². The first kappa shape index (κ1) is 23.3. The highest BCUT2D eigenvalue weighted by Crippen LogP contribution is 2.48. The summed E-state index contributed by atoms with van der Waals surface area (Å²) in [6.07, 6.45) is -1.76. The van der Waals surface area contributed by atoms with E-state index < -0.39 is 24.2 Å². The summed E-state index contributed by atoms with van der Waals surface area (Å²) in [5, 5.41) is 9.21. The minimum Gasteiger partial charge on any atom is -0.445 e. The maximum Gasteiger partial charge on any atom is 0.410 e. The highest BCUT2D eigenvalue weighted by Gasteiger charge is 2.41. The van der Waals surface area contributed by atoms with Gasteiger partial charge in [0.05, 0.1) is 27.7 Å². The molecule has 1 heterocycles. The number of hydrogen-bond acceptors (Lipinski definition) is 5. The third kappa shape index (κ3) is 4.90. The van der Waals surface area contributed by atoms with Crippen LogP contribution in [0.25, 0.3) is 0 Å². The minimum atomic E-state index is -1.12. The molecule has 0 saturated carbocycles. The summed E-state index contributed by atoms with van der Waals surface area (Å²) in [6, 6.07) is 7.90. The van der Waals surface area contributed by atoms with Crippen LogP contribution in [0.15, 0.2) is 30.3 Å². The molecule has 0 aromatic heterocycles. The zero-order valence-corrected chi connectivity index (χ0v) is 18.9. The Kier molecular flexibility index (Phi) is 7.61. The van der Waals surface area contributed by atoms with Crippen molar-refractivity contribution in [2.75, 3.05) is 6.54 Å². The summed E-state index contributed by atoms with van der Waals surface area (Å²) in [5.41, 5.74) is 0.772. The molecule has 2 aromatic carbocycles. The number of amides is 1. The van der Waals surface area contributed by atoms with E-state index in [9.17, 15) is 14.7 Å². The van der Waals surface area contributed by atoms with Crippen LogP contribution in [0.1, 0.15) is 12.0 Å². The van der Waals surface area contributed by atoms with Crippen molar-refractivity contribution in [2.24, 2.45) is 0 Å². The number of nitrogens with zero attached hydrogens (tertiary/aromatic N) is 1. The van der Waals surface area contributed by atoms with Gasteiger partial charge in [-0.3, -0.25) is 4.90 Å². The highest BCUT2D eigenvalue weighted by molar-refractivity contribution is 6.55. The second-order valence-corrected chi connectivity index (χ2v) is 8.31. The molecule has 3 rings (SSSR count). The summed E-state index contributed by atoms with van der Waals surface area (Å²) in [5.74, 6) is -1.18. The van der Waals surface area contributed by atoms with Gasteiger partial charge in [-0.25, -0.2) is 9.59 Å². The van der Waals surface area contributed by atoms with Crippen LogP contribution in [0.4, 0.5) is 4.79 Å². The summed E-state index contributed by atoms with van der Waals surface area (Å²) >= 11 is 30.0. The molecule has 0 unspecified atom stereocenters. The summed E-state index contributed by atoms with van der Waals surface area (Å²) < 4.78 is 10.5. The van der Waals surface area contributed by atoms with Crippen LogP contribution < -0.4 is 4.74 Å². The second-order valence-electron chi connectivity index (χ2n) is 6.42. The molecule has 30 heavy (non-hydrogen) atoms. The fourth-order valence-corrected chi connectivity index (χ4v) is 4.08. The van der Waals surface area contributed by atoms with E-state index in [4.69, 9.17) is 67.5 Å². The predicted octanol–water partition coefficient (Wildman–Crippen LogP) is 5.63. The molecule has 1 aliphatic rings. The lowest BCUT2D eigenvalue weighted by molar-refractivity contribution is -0.139. The van der Waals surface area contributed by atoms with Crippen LogP contribution in [0.3, 0.4) is 0 Å². The Balaban J connectivity index is 1.75. The van der Waals surface area contributed by atoms with Crippen molar-refractivity contribution < 1.29 is 24.2 Å². The third-order valence-electron chi connectivity index (χ3n) is 4.36. The van der Waals surface area contributed by atoms with Crippen molar-refractivity contribution in [3.63, 3.8) is 0 Å². The molecule has 0 aliphatic carbocycles. The Morgan fingerprint density at radius 1 is 0.967 bits per heavy atom. The van der Waals surface area contributed by atoms with Crippen molar-refractivity contribution in [3.8, 4) is 5.75 Å². The number of ether oxygens (including phenoxy) is 2. The van der Waals surface area contributed by atoms with Gasteiger partial charge in [0.15, 0.2) is 5.75 Å². The normalized spacial score (nSPS) is 18.4. The van der Waals surface area contributed by atoms with E-state index in [1.54, 1.807) is 24.3 Å². The van der Waals surface area contributed by atoms with Crippen LogP contribution in [0.5, 0.6) is 5.75 Å². The number of halogens is 5. The maximum atomic E-state index is 12.7. The number of carbonyl (C=O) groups is 2. The van der Waals surface area contributed by atoms with Gasteiger partial charge >= 0.3 is 12.1 Å². The monoisotopic (exact) mass is 511 g/mol. The quantitative estimate of drug-likeness (QED) is 0.248. The van der Waals surface area contributed by atoms with E-state index in [-0.39, 0.29) is 50.4 Å². The fourth-order valence-electron chi connectivity index (χ4n) is 2.88. The summed E-state index contributed by atoms with van der Waals surface area (Å²) in [6.45, 7) is -0.0922. The fraction of sp³-hybridized carbons (Fsp3) is 0.263. The van der Waals surface area contributed by atoms with Crippen molar-refractivity contribution in [1.82, 2.24) is 4.90 Å². The van der Waals surface area contributed by atoms with Crippen LogP contribution >= 0.6 is 58.0 Å². The number of rotatable bonds is 4. The molecular weight excluding hydrogens is 499 g/mol. The molecule has 160 valence electrons. The number of hydrogen-bond donors (Lipinski definition) is 1.